The number of rotatable bonds is 9. The molecule has 0 fully saturated rings. The first-order chi connectivity index (χ1) is 19.4. The molecule has 5 aromatic rings. The molecule has 0 amide bonds. The first-order valence-corrected chi connectivity index (χ1v) is 13.5. The van der Waals surface area contributed by atoms with Crippen LogP contribution in [0.1, 0.15) is 26.3 Å². The van der Waals surface area contributed by atoms with Crippen LogP contribution in [-0.2, 0) is 9.53 Å². The van der Waals surface area contributed by atoms with Crippen LogP contribution in [0.25, 0.3) is 33.5 Å². The van der Waals surface area contributed by atoms with Gasteiger partial charge in [0.2, 0.25) is 5.82 Å². The van der Waals surface area contributed by atoms with Crippen molar-refractivity contribution in [2.45, 2.75) is 26.9 Å². The van der Waals surface area contributed by atoms with Crippen molar-refractivity contribution >= 4 is 50.0 Å². The maximum absolute atomic E-state index is 13.6. The summed E-state index contributed by atoms with van der Waals surface area (Å²) in [7, 11) is 0. The van der Waals surface area contributed by atoms with Crippen molar-refractivity contribution < 1.29 is 23.4 Å². The smallest absolute Gasteiger partial charge is 0.347 e. The number of para-hydroxylation sites is 2. The molecule has 2 aromatic heterocycles. The summed E-state index contributed by atoms with van der Waals surface area (Å²) in [6.07, 6.45) is 0.689. The van der Waals surface area contributed by atoms with Gasteiger partial charge in [0.15, 0.2) is 23.4 Å². The van der Waals surface area contributed by atoms with E-state index in [1.807, 2.05) is 43.3 Å². The van der Waals surface area contributed by atoms with Gasteiger partial charge in [-0.15, -0.1) is 0 Å². The summed E-state index contributed by atoms with van der Waals surface area (Å²) in [6.45, 7) is 5.80. The average Bonchev–Trinajstić information content (AvgIpc) is 3.39. The molecule has 204 valence electrons. The molecule has 0 aliphatic heterocycles. The Kier molecular flexibility index (Phi) is 7.97. The third kappa shape index (κ3) is 5.48. The first kappa shape index (κ1) is 27.1. The van der Waals surface area contributed by atoms with Crippen molar-refractivity contribution in [3.05, 3.63) is 87.1 Å². The number of benzene rings is 3. The quantitative estimate of drug-likeness (QED) is 0.146. The summed E-state index contributed by atoms with van der Waals surface area (Å²) in [6, 6.07) is 19.9. The van der Waals surface area contributed by atoms with Gasteiger partial charge in [-0.3, -0.25) is 4.79 Å². The number of carbonyl (C=O) groups excluding carboxylic acids is 1. The zero-order valence-corrected chi connectivity index (χ0v) is 23.7. The van der Waals surface area contributed by atoms with Gasteiger partial charge >= 0.3 is 5.97 Å². The van der Waals surface area contributed by atoms with Crippen molar-refractivity contribution in [3.63, 3.8) is 0 Å². The standard InChI is InChI=1S/C30H26BrN3O6/c1-4-37-25-15-20(22(31)16-26(25)39-18(3)30(36)38-5-2)17-32-34-28(27-14-19-10-6-9-13-24(19)40-27)33-23-12-8-7-11-21(23)29(34)35/h6-18H,4-5H2,1-3H3/t18-/m0/s1. The van der Waals surface area contributed by atoms with Crippen molar-refractivity contribution in [3.8, 4) is 23.1 Å². The topological polar surface area (TPSA) is 105 Å². The third-order valence-corrected chi connectivity index (χ3v) is 6.68. The van der Waals surface area contributed by atoms with Crippen molar-refractivity contribution in [1.29, 1.82) is 0 Å². The van der Waals surface area contributed by atoms with E-state index in [0.717, 1.165) is 5.39 Å². The van der Waals surface area contributed by atoms with E-state index in [-0.39, 0.29) is 18.0 Å². The van der Waals surface area contributed by atoms with Crippen molar-refractivity contribution in [2.24, 2.45) is 5.10 Å². The molecule has 3 aromatic carbocycles. The lowest BCUT2D eigenvalue weighted by molar-refractivity contribution is -0.150. The zero-order valence-electron chi connectivity index (χ0n) is 22.1. The van der Waals surface area contributed by atoms with Crippen molar-refractivity contribution in [2.75, 3.05) is 13.2 Å². The Labute approximate surface area is 238 Å². The molecular weight excluding hydrogens is 578 g/mol. The summed E-state index contributed by atoms with van der Waals surface area (Å²) in [5.41, 5.74) is 1.47. The predicted molar refractivity (Wildman–Crippen MR) is 156 cm³/mol. The molecular formula is C30H26BrN3O6. The zero-order chi connectivity index (χ0) is 28.2. The summed E-state index contributed by atoms with van der Waals surface area (Å²) >= 11 is 3.54. The highest BCUT2D eigenvalue weighted by molar-refractivity contribution is 9.10. The number of fused-ring (bicyclic) bond motifs is 2. The second-order valence-corrected chi connectivity index (χ2v) is 9.58. The highest BCUT2D eigenvalue weighted by atomic mass is 79.9. The fourth-order valence-corrected chi connectivity index (χ4v) is 4.54. The average molecular weight is 604 g/mol. The van der Waals surface area contributed by atoms with E-state index in [1.165, 1.54) is 10.9 Å². The van der Waals surface area contributed by atoms with E-state index in [1.54, 1.807) is 44.2 Å². The number of halogens is 1. The number of hydrogen-bond acceptors (Lipinski definition) is 8. The second-order valence-electron chi connectivity index (χ2n) is 8.73. The summed E-state index contributed by atoms with van der Waals surface area (Å²) in [5, 5.41) is 5.84. The number of hydrogen-bond donors (Lipinski definition) is 0. The van der Waals surface area contributed by atoms with Gasteiger partial charge in [-0.25, -0.2) is 9.78 Å². The van der Waals surface area contributed by atoms with Gasteiger partial charge < -0.3 is 18.6 Å². The van der Waals surface area contributed by atoms with Gasteiger partial charge in [-0.1, -0.05) is 30.3 Å². The third-order valence-electron chi connectivity index (χ3n) is 6.00. The molecule has 40 heavy (non-hydrogen) atoms. The van der Waals surface area contributed by atoms with E-state index in [0.29, 0.717) is 50.4 Å². The molecule has 0 radical (unpaired) electrons. The maximum Gasteiger partial charge on any atom is 0.347 e. The number of furan rings is 1. The number of esters is 1. The van der Waals surface area contributed by atoms with Crippen LogP contribution in [0.2, 0.25) is 0 Å². The molecule has 1 atom stereocenters. The Hall–Kier alpha value is -4.44. The minimum absolute atomic E-state index is 0.253. The molecule has 2 heterocycles. The fourth-order valence-electron chi connectivity index (χ4n) is 4.11. The molecule has 0 aliphatic carbocycles. The van der Waals surface area contributed by atoms with Gasteiger partial charge in [-0.2, -0.15) is 9.78 Å². The molecule has 0 saturated heterocycles. The summed E-state index contributed by atoms with van der Waals surface area (Å²) < 4.78 is 24.5. The Morgan fingerprint density at radius 1 is 1.07 bits per heavy atom. The van der Waals surface area contributed by atoms with Gasteiger partial charge in [0, 0.05) is 15.4 Å². The maximum atomic E-state index is 13.6. The van der Waals surface area contributed by atoms with Gasteiger partial charge in [0.1, 0.15) is 5.58 Å². The highest BCUT2D eigenvalue weighted by Gasteiger charge is 2.20. The van der Waals surface area contributed by atoms with E-state index in [2.05, 4.69) is 21.0 Å². The summed E-state index contributed by atoms with van der Waals surface area (Å²) in [4.78, 5) is 30.4. The molecule has 10 heteroatoms. The molecule has 0 unspecified atom stereocenters. The molecule has 0 spiro atoms. The lowest BCUT2D eigenvalue weighted by Gasteiger charge is -2.17. The van der Waals surface area contributed by atoms with Crippen LogP contribution in [0.4, 0.5) is 0 Å². The number of carbonyl (C=O) groups is 1. The molecule has 0 saturated carbocycles. The van der Waals surface area contributed by atoms with Crippen LogP contribution in [0.5, 0.6) is 11.5 Å². The first-order valence-electron chi connectivity index (χ1n) is 12.7. The Bertz CT molecular complexity index is 1760. The highest BCUT2D eigenvalue weighted by Crippen LogP contribution is 2.34. The minimum atomic E-state index is -0.834. The monoisotopic (exact) mass is 603 g/mol. The molecule has 0 aliphatic rings. The normalized spacial score (nSPS) is 12.2. The second kappa shape index (κ2) is 11.7. The summed E-state index contributed by atoms with van der Waals surface area (Å²) in [5.74, 6) is 0.962. The van der Waals surface area contributed by atoms with Crippen LogP contribution in [0.15, 0.2) is 85.5 Å². The number of ether oxygens (including phenoxy) is 3. The van der Waals surface area contributed by atoms with Crippen LogP contribution < -0.4 is 15.0 Å². The fraction of sp³-hybridized carbons (Fsp3) is 0.200. The van der Waals surface area contributed by atoms with Crippen LogP contribution in [0, 0.1) is 0 Å². The predicted octanol–water partition coefficient (Wildman–Crippen LogP) is 6.18. The number of nitrogens with zero attached hydrogens (tertiary/aromatic N) is 3. The Balaban J connectivity index is 1.59. The Morgan fingerprint density at radius 2 is 1.85 bits per heavy atom. The van der Waals surface area contributed by atoms with Crippen LogP contribution in [-0.4, -0.2) is 41.2 Å². The molecule has 5 rings (SSSR count). The van der Waals surface area contributed by atoms with Gasteiger partial charge in [0.05, 0.1) is 30.3 Å². The largest absolute Gasteiger partial charge is 0.490 e. The minimum Gasteiger partial charge on any atom is -0.490 e. The van der Waals surface area contributed by atoms with E-state index < -0.39 is 12.1 Å². The van der Waals surface area contributed by atoms with E-state index in [9.17, 15) is 9.59 Å². The number of aromatic nitrogens is 2. The van der Waals surface area contributed by atoms with Gasteiger partial charge in [0.25, 0.3) is 5.56 Å². The lowest BCUT2D eigenvalue weighted by atomic mass is 10.2. The SMILES string of the molecule is CCOC(=O)[C@H](C)Oc1cc(Br)c(C=Nn2c(-c3cc4ccccc4o3)nc3ccccc3c2=O)cc1OCC. The Morgan fingerprint density at radius 3 is 2.62 bits per heavy atom. The molecule has 0 N–H and O–H groups in total. The van der Waals surface area contributed by atoms with Crippen molar-refractivity contribution in [1.82, 2.24) is 9.66 Å². The lowest BCUT2D eigenvalue weighted by Crippen LogP contribution is -2.26. The molecule has 0 bridgehead atoms. The molecule has 9 nitrogen and oxygen atoms in total. The van der Waals surface area contributed by atoms with E-state index >= 15 is 0 Å². The van der Waals surface area contributed by atoms with Gasteiger partial charge in [-0.05, 0) is 73.1 Å². The van der Waals surface area contributed by atoms with Crippen LogP contribution in [0.3, 0.4) is 0 Å². The van der Waals surface area contributed by atoms with E-state index in [4.69, 9.17) is 23.6 Å². The van der Waals surface area contributed by atoms with Crippen LogP contribution >= 0.6 is 15.9 Å².